The largest absolute Gasteiger partial charge is 0.483 e. The molecule has 6 nitrogen and oxygen atoms in total. The van der Waals surface area contributed by atoms with E-state index in [1.165, 1.54) is 14.2 Å². The van der Waals surface area contributed by atoms with Crippen molar-refractivity contribution >= 4 is 24.2 Å². The maximum Gasteiger partial charge on any atom is 0.210 e. The van der Waals surface area contributed by atoms with Crippen LogP contribution >= 0.6 is 12.4 Å². The molecule has 0 aliphatic carbocycles. The lowest BCUT2D eigenvalue weighted by Crippen LogP contribution is -2.33. The molecule has 0 fully saturated rings. The van der Waals surface area contributed by atoms with Crippen molar-refractivity contribution in [3.05, 3.63) is 0 Å². The summed E-state index contributed by atoms with van der Waals surface area (Å²) in [5, 5.41) is 23.1. The average Bonchev–Trinajstić information content (AvgIpc) is 2.24. The van der Waals surface area contributed by atoms with Crippen LogP contribution in [0.4, 0.5) is 0 Å². The highest BCUT2D eigenvalue weighted by Crippen LogP contribution is 2.18. The molecule has 0 aromatic carbocycles. The first-order chi connectivity index (χ1) is 7.17. The topological polar surface area (TPSA) is 90.9 Å². The fourth-order valence-corrected chi connectivity index (χ4v) is 0.840. The van der Waals surface area contributed by atoms with E-state index in [2.05, 4.69) is 10.2 Å². The molecule has 7 heteroatoms. The van der Waals surface area contributed by atoms with Crippen LogP contribution in [-0.4, -0.2) is 37.1 Å². The number of hydrogen-bond donors (Lipinski definition) is 2. The number of nitrogens with zero attached hydrogens (tertiary/aromatic N) is 2. The Morgan fingerprint density at radius 3 is 1.24 bits per heavy atom. The highest BCUT2D eigenvalue weighted by Gasteiger charge is 2.29. The van der Waals surface area contributed by atoms with Crippen molar-refractivity contribution in [2.45, 2.75) is 38.8 Å². The zero-order valence-electron chi connectivity index (χ0n) is 11.1. The maximum absolute atomic E-state index is 7.54. The zero-order valence-corrected chi connectivity index (χ0v) is 11.9. The monoisotopic (exact) mass is 264 g/mol. The second kappa shape index (κ2) is 6.54. The van der Waals surface area contributed by atoms with Gasteiger partial charge in [0.15, 0.2) is 11.1 Å². The molecule has 0 amide bonds. The number of nitrogens with one attached hydrogen (secondary N) is 2. The fourth-order valence-electron chi connectivity index (χ4n) is 0.840. The quantitative estimate of drug-likeness (QED) is 0.464. The first-order valence-electron chi connectivity index (χ1n) is 4.87. The van der Waals surface area contributed by atoms with E-state index >= 15 is 0 Å². The average molecular weight is 265 g/mol. The second-order valence-corrected chi connectivity index (χ2v) is 4.38. The molecular weight excluding hydrogens is 244 g/mol. The van der Waals surface area contributed by atoms with Gasteiger partial charge in [0.2, 0.25) is 11.8 Å². The molecular formula is C10H21ClN4O2. The molecule has 100 valence electrons. The number of methoxy groups -OCH3 is 2. The Morgan fingerprint density at radius 1 is 0.824 bits per heavy atom. The Hall–Kier alpha value is -1.17. The van der Waals surface area contributed by atoms with Crippen LogP contribution in [-0.2, 0) is 9.47 Å². The van der Waals surface area contributed by atoms with Crippen molar-refractivity contribution < 1.29 is 9.47 Å². The van der Waals surface area contributed by atoms with E-state index in [0.717, 1.165) is 0 Å². The molecule has 2 N–H and O–H groups in total. The molecule has 0 saturated heterocycles. The Kier molecular flexibility index (Phi) is 7.00. The van der Waals surface area contributed by atoms with Gasteiger partial charge in [0.1, 0.15) is 0 Å². The molecule has 0 aromatic rings. The lowest BCUT2D eigenvalue weighted by atomic mass is 10.1. The minimum absolute atomic E-state index is 0. The first kappa shape index (κ1) is 18.2. The predicted octanol–water partition coefficient (Wildman–Crippen LogP) is 2.66. The number of halogens is 1. The molecule has 0 heterocycles. The van der Waals surface area contributed by atoms with Gasteiger partial charge < -0.3 is 9.47 Å². The Morgan fingerprint density at radius 2 is 1.06 bits per heavy atom. The summed E-state index contributed by atoms with van der Waals surface area (Å²) in [5.41, 5.74) is -1.67. The van der Waals surface area contributed by atoms with E-state index in [1.807, 2.05) is 0 Å². The van der Waals surface area contributed by atoms with Gasteiger partial charge in [0.05, 0.1) is 14.2 Å². The highest BCUT2D eigenvalue weighted by molar-refractivity contribution is 5.85. The molecule has 0 radical (unpaired) electrons. The summed E-state index contributed by atoms with van der Waals surface area (Å²) in [4.78, 5) is 0. The number of ether oxygens (including phenoxy) is 2. The summed E-state index contributed by atoms with van der Waals surface area (Å²) in [6.45, 7) is 6.87. The van der Waals surface area contributed by atoms with Crippen LogP contribution in [0.15, 0.2) is 10.2 Å². The van der Waals surface area contributed by atoms with Crippen LogP contribution in [0.1, 0.15) is 27.7 Å². The molecule has 0 unspecified atom stereocenters. The molecule has 0 aliphatic heterocycles. The normalized spacial score (nSPS) is 11.9. The lowest BCUT2D eigenvalue weighted by Gasteiger charge is -2.22. The third-order valence-electron chi connectivity index (χ3n) is 2.07. The Bertz CT molecular complexity index is 283. The van der Waals surface area contributed by atoms with E-state index in [9.17, 15) is 0 Å². The van der Waals surface area contributed by atoms with Crippen LogP contribution in [0, 0.1) is 10.8 Å². The Balaban J connectivity index is 0. The van der Waals surface area contributed by atoms with Crippen LogP contribution < -0.4 is 0 Å². The summed E-state index contributed by atoms with van der Waals surface area (Å²) in [7, 11) is 2.84. The van der Waals surface area contributed by atoms with Gasteiger partial charge >= 0.3 is 0 Å². The van der Waals surface area contributed by atoms with Gasteiger partial charge in [-0.2, -0.15) is 10.2 Å². The van der Waals surface area contributed by atoms with Crippen LogP contribution in [0.5, 0.6) is 0 Å². The van der Waals surface area contributed by atoms with Gasteiger partial charge in [-0.15, -0.1) is 12.4 Å². The smallest absolute Gasteiger partial charge is 0.210 e. The third-order valence-corrected chi connectivity index (χ3v) is 2.07. The van der Waals surface area contributed by atoms with Crippen molar-refractivity contribution in [1.29, 1.82) is 10.8 Å². The minimum Gasteiger partial charge on any atom is -0.483 e. The van der Waals surface area contributed by atoms with Crippen LogP contribution in [0.25, 0.3) is 0 Å². The van der Waals surface area contributed by atoms with Gasteiger partial charge in [-0.3, -0.25) is 10.8 Å². The van der Waals surface area contributed by atoms with Crippen molar-refractivity contribution in [2.75, 3.05) is 14.2 Å². The molecule has 0 saturated carbocycles. The second-order valence-electron chi connectivity index (χ2n) is 4.38. The van der Waals surface area contributed by atoms with E-state index in [4.69, 9.17) is 20.3 Å². The van der Waals surface area contributed by atoms with E-state index < -0.39 is 11.1 Å². The van der Waals surface area contributed by atoms with Crippen molar-refractivity contribution in [2.24, 2.45) is 10.2 Å². The maximum atomic E-state index is 7.54. The minimum atomic E-state index is -0.833. The molecule has 17 heavy (non-hydrogen) atoms. The number of azo groups is 1. The van der Waals surface area contributed by atoms with Gasteiger partial charge in [0.25, 0.3) is 0 Å². The lowest BCUT2D eigenvalue weighted by molar-refractivity contribution is 0.337. The van der Waals surface area contributed by atoms with Crippen molar-refractivity contribution in [3.63, 3.8) is 0 Å². The predicted molar refractivity (Wildman–Crippen MR) is 69.7 cm³/mol. The van der Waals surface area contributed by atoms with Gasteiger partial charge in [-0.25, -0.2) is 0 Å². The molecule has 0 spiro atoms. The Labute approximate surface area is 108 Å². The van der Waals surface area contributed by atoms with Gasteiger partial charge in [-0.05, 0) is 27.7 Å². The zero-order chi connectivity index (χ0) is 13.0. The van der Waals surface area contributed by atoms with Crippen molar-refractivity contribution in [1.82, 2.24) is 0 Å². The van der Waals surface area contributed by atoms with Crippen LogP contribution in [0.3, 0.4) is 0 Å². The van der Waals surface area contributed by atoms with E-state index in [0.29, 0.717) is 0 Å². The van der Waals surface area contributed by atoms with E-state index in [1.54, 1.807) is 27.7 Å². The molecule has 0 aliphatic rings. The first-order valence-corrected chi connectivity index (χ1v) is 4.87. The summed E-state index contributed by atoms with van der Waals surface area (Å²) in [6, 6.07) is 0. The summed E-state index contributed by atoms with van der Waals surface area (Å²) in [5.74, 6) is 0.0481. The molecule has 0 aromatic heterocycles. The SMILES string of the molecule is COC(=N)C(C)(C)N=NC(C)(C)C(=N)OC.Cl. The fraction of sp³-hybridized carbons (Fsp3) is 0.800. The highest BCUT2D eigenvalue weighted by atomic mass is 35.5. The number of rotatable bonds is 4. The van der Waals surface area contributed by atoms with Gasteiger partial charge in [0, 0.05) is 0 Å². The van der Waals surface area contributed by atoms with Gasteiger partial charge in [-0.1, -0.05) is 0 Å². The summed E-state index contributed by atoms with van der Waals surface area (Å²) in [6.07, 6.45) is 0. The molecule has 0 rings (SSSR count). The molecule has 0 bridgehead atoms. The summed E-state index contributed by atoms with van der Waals surface area (Å²) < 4.78 is 9.62. The molecule has 0 atom stereocenters. The standard InChI is InChI=1S/C10H20N4O2.ClH/c1-9(2,7(11)15-5)13-14-10(3,4)8(12)16-6;/h11-12H,1-6H3;1H. The van der Waals surface area contributed by atoms with Crippen LogP contribution in [0.2, 0.25) is 0 Å². The third kappa shape index (κ3) is 5.12. The number of hydrogen-bond acceptors (Lipinski definition) is 6. The summed E-state index contributed by atoms with van der Waals surface area (Å²) >= 11 is 0. The van der Waals surface area contributed by atoms with E-state index in [-0.39, 0.29) is 24.2 Å². The van der Waals surface area contributed by atoms with Crippen molar-refractivity contribution in [3.8, 4) is 0 Å².